The van der Waals surface area contributed by atoms with Crippen LogP contribution in [0.25, 0.3) is 0 Å². The van der Waals surface area contributed by atoms with Crippen molar-refractivity contribution in [2.45, 2.75) is 32.0 Å². The lowest BCUT2D eigenvalue weighted by atomic mass is 9.78. The molecule has 1 N–H and O–H groups in total. The van der Waals surface area contributed by atoms with Gasteiger partial charge in [0.05, 0.1) is 31.5 Å². The van der Waals surface area contributed by atoms with Crippen molar-refractivity contribution in [3.63, 3.8) is 0 Å². The maximum atomic E-state index is 13.3. The number of carbonyl (C=O) groups excluding carboxylic acids is 2. The lowest BCUT2D eigenvalue weighted by molar-refractivity contribution is -0.0231. The Morgan fingerprint density at radius 3 is 2.47 bits per heavy atom. The Kier molecular flexibility index (Phi) is 6.37. The Bertz CT molecular complexity index is 1010. The SMILES string of the molecule is COC(=O)c1cccc(O[C@@H]2C[C@@H]3CN(C(=O)c4c(C)cccc4OC)C[C@@H]3C[C@H]2O)c1. The average molecular weight is 440 g/mol. The third-order valence-electron chi connectivity index (χ3n) is 6.58. The number of esters is 1. The summed E-state index contributed by atoms with van der Waals surface area (Å²) in [6, 6.07) is 12.4. The summed E-state index contributed by atoms with van der Waals surface area (Å²) in [5.41, 5.74) is 1.88. The largest absolute Gasteiger partial charge is 0.496 e. The van der Waals surface area contributed by atoms with Crippen molar-refractivity contribution in [2.24, 2.45) is 11.8 Å². The molecular weight excluding hydrogens is 410 g/mol. The van der Waals surface area contributed by atoms with Crippen molar-refractivity contribution in [1.29, 1.82) is 0 Å². The van der Waals surface area contributed by atoms with E-state index in [9.17, 15) is 14.7 Å². The number of amides is 1. The van der Waals surface area contributed by atoms with Gasteiger partial charge in [0, 0.05) is 13.1 Å². The van der Waals surface area contributed by atoms with Gasteiger partial charge in [0.1, 0.15) is 17.6 Å². The number of aliphatic hydroxyl groups is 1. The first-order valence-electron chi connectivity index (χ1n) is 10.9. The zero-order chi connectivity index (χ0) is 22.8. The van der Waals surface area contributed by atoms with E-state index in [1.807, 2.05) is 24.0 Å². The van der Waals surface area contributed by atoms with Crippen molar-refractivity contribution in [3.8, 4) is 11.5 Å². The first-order chi connectivity index (χ1) is 15.4. The third-order valence-corrected chi connectivity index (χ3v) is 6.58. The van der Waals surface area contributed by atoms with E-state index >= 15 is 0 Å². The van der Waals surface area contributed by atoms with Gasteiger partial charge in [-0.2, -0.15) is 0 Å². The van der Waals surface area contributed by atoms with Crippen LogP contribution < -0.4 is 9.47 Å². The van der Waals surface area contributed by atoms with Gasteiger partial charge in [-0.25, -0.2) is 4.79 Å². The van der Waals surface area contributed by atoms with Crippen LogP contribution in [-0.4, -0.2) is 61.4 Å². The number of carbonyl (C=O) groups is 2. The van der Waals surface area contributed by atoms with Gasteiger partial charge in [-0.15, -0.1) is 0 Å². The average Bonchev–Trinajstić information content (AvgIpc) is 3.21. The van der Waals surface area contributed by atoms with Crippen LogP contribution in [0.4, 0.5) is 0 Å². The highest BCUT2D eigenvalue weighted by atomic mass is 16.5. The fraction of sp³-hybridized carbons (Fsp3) is 0.440. The highest BCUT2D eigenvalue weighted by Gasteiger charge is 2.44. The third kappa shape index (κ3) is 4.30. The molecule has 0 unspecified atom stereocenters. The molecule has 1 amide bonds. The molecule has 1 aliphatic heterocycles. The van der Waals surface area contributed by atoms with Crippen LogP contribution in [0.2, 0.25) is 0 Å². The summed E-state index contributed by atoms with van der Waals surface area (Å²) in [5.74, 6) is 1.10. The number of benzene rings is 2. The van der Waals surface area contributed by atoms with Gasteiger partial charge >= 0.3 is 5.97 Å². The molecule has 1 heterocycles. The molecule has 170 valence electrons. The molecule has 2 aliphatic rings. The molecule has 4 rings (SSSR count). The topological polar surface area (TPSA) is 85.3 Å². The number of hydrogen-bond acceptors (Lipinski definition) is 6. The maximum absolute atomic E-state index is 13.3. The molecule has 0 aromatic heterocycles. The van der Waals surface area contributed by atoms with Crippen molar-refractivity contribution in [1.82, 2.24) is 4.90 Å². The van der Waals surface area contributed by atoms with E-state index in [1.165, 1.54) is 7.11 Å². The summed E-state index contributed by atoms with van der Waals surface area (Å²) < 4.78 is 16.3. The van der Waals surface area contributed by atoms with Crippen LogP contribution in [0.3, 0.4) is 0 Å². The predicted molar refractivity (Wildman–Crippen MR) is 118 cm³/mol. The van der Waals surface area contributed by atoms with Crippen LogP contribution in [0.1, 0.15) is 39.1 Å². The van der Waals surface area contributed by atoms with E-state index in [4.69, 9.17) is 14.2 Å². The number of ether oxygens (including phenoxy) is 3. The lowest BCUT2D eigenvalue weighted by Crippen LogP contribution is -2.42. The quantitative estimate of drug-likeness (QED) is 0.721. The van der Waals surface area contributed by atoms with E-state index in [1.54, 1.807) is 37.4 Å². The molecule has 0 spiro atoms. The molecular formula is C25H29NO6. The number of methoxy groups -OCH3 is 2. The van der Waals surface area contributed by atoms with Crippen molar-refractivity contribution >= 4 is 11.9 Å². The van der Waals surface area contributed by atoms with Crippen LogP contribution in [0.15, 0.2) is 42.5 Å². The normalized spacial score (nSPS) is 24.6. The molecule has 4 atom stereocenters. The molecule has 1 saturated heterocycles. The molecule has 32 heavy (non-hydrogen) atoms. The number of nitrogens with zero attached hydrogens (tertiary/aromatic N) is 1. The van der Waals surface area contributed by atoms with Gasteiger partial charge in [0.25, 0.3) is 5.91 Å². The highest BCUT2D eigenvalue weighted by molar-refractivity contribution is 5.98. The van der Waals surface area contributed by atoms with E-state index in [0.717, 1.165) is 5.56 Å². The smallest absolute Gasteiger partial charge is 0.337 e. The van der Waals surface area contributed by atoms with E-state index in [-0.39, 0.29) is 17.7 Å². The van der Waals surface area contributed by atoms with Gasteiger partial charge in [0.15, 0.2) is 0 Å². The van der Waals surface area contributed by atoms with Crippen LogP contribution in [-0.2, 0) is 4.74 Å². The lowest BCUT2D eigenvalue weighted by Gasteiger charge is -2.35. The van der Waals surface area contributed by atoms with Gasteiger partial charge in [-0.05, 0) is 61.4 Å². The summed E-state index contributed by atoms with van der Waals surface area (Å²) >= 11 is 0. The first kappa shape index (κ1) is 22.1. The fourth-order valence-electron chi connectivity index (χ4n) is 4.91. The first-order valence-corrected chi connectivity index (χ1v) is 10.9. The number of aryl methyl sites for hydroxylation is 1. The fourth-order valence-corrected chi connectivity index (χ4v) is 4.91. The Balaban J connectivity index is 1.46. The number of rotatable bonds is 5. The Hall–Kier alpha value is -3.06. The van der Waals surface area contributed by atoms with Gasteiger partial charge in [0.2, 0.25) is 0 Å². The second-order valence-corrected chi connectivity index (χ2v) is 8.60. The van der Waals surface area contributed by atoms with Crippen LogP contribution in [0, 0.1) is 18.8 Å². The molecule has 0 radical (unpaired) electrons. The Labute approximate surface area is 187 Å². The standard InChI is InChI=1S/C25H29NO6/c1-15-6-4-9-21(30-2)23(15)24(28)26-13-17-11-20(27)22(12-18(17)14-26)32-19-8-5-7-16(10-19)25(29)31-3/h4-10,17-18,20,22,27H,11-14H2,1-3H3/t17-,18+,20+,22+/m0/s1. The van der Waals surface area contributed by atoms with Gasteiger partial charge < -0.3 is 24.2 Å². The second kappa shape index (κ2) is 9.20. The molecule has 7 heteroatoms. The zero-order valence-corrected chi connectivity index (χ0v) is 18.6. The summed E-state index contributed by atoms with van der Waals surface area (Å²) in [6.45, 7) is 3.15. The van der Waals surface area contributed by atoms with Crippen molar-refractivity contribution in [3.05, 3.63) is 59.2 Å². The monoisotopic (exact) mass is 439 g/mol. The van der Waals surface area contributed by atoms with Crippen LogP contribution >= 0.6 is 0 Å². The number of hydrogen-bond donors (Lipinski definition) is 1. The van der Waals surface area contributed by atoms with Gasteiger partial charge in [-0.3, -0.25) is 4.79 Å². The summed E-state index contributed by atoms with van der Waals surface area (Å²) in [6.07, 6.45) is 0.178. The molecule has 7 nitrogen and oxygen atoms in total. The van der Waals surface area contributed by atoms with Crippen molar-refractivity contribution < 1.29 is 28.9 Å². The molecule has 0 bridgehead atoms. The molecule has 2 aromatic rings. The number of aliphatic hydroxyl groups excluding tert-OH is 1. The van der Waals surface area contributed by atoms with Crippen LogP contribution in [0.5, 0.6) is 11.5 Å². The predicted octanol–water partition coefficient (Wildman–Crippen LogP) is 3.08. The molecule has 1 saturated carbocycles. The molecule has 2 aromatic carbocycles. The summed E-state index contributed by atoms with van der Waals surface area (Å²) in [4.78, 5) is 26.9. The van der Waals surface area contributed by atoms with Gasteiger partial charge in [-0.1, -0.05) is 18.2 Å². The van der Waals surface area contributed by atoms with E-state index < -0.39 is 18.2 Å². The number of fused-ring (bicyclic) bond motifs is 1. The maximum Gasteiger partial charge on any atom is 0.337 e. The Morgan fingerprint density at radius 1 is 1.03 bits per heavy atom. The zero-order valence-electron chi connectivity index (χ0n) is 18.6. The number of likely N-dealkylation sites (tertiary alicyclic amines) is 1. The minimum absolute atomic E-state index is 0.0351. The minimum Gasteiger partial charge on any atom is -0.496 e. The summed E-state index contributed by atoms with van der Waals surface area (Å²) in [5, 5.41) is 10.7. The Morgan fingerprint density at radius 2 is 1.75 bits per heavy atom. The summed E-state index contributed by atoms with van der Waals surface area (Å²) in [7, 11) is 2.91. The second-order valence-electron chi connectivity index (χ2n) is 8.60. The molecule has 2 fully saturated rings. The van der Waals surface area contributed by atoms with Crippen molar-refractivity contribution in [2.75, 3.05) is 27.3 Å². The molecule has 1 aliphatic carbocycles. The minimum atomic E-state index is -0.638. The van der Waals surface area contributed by atoms with E-state index in [2.05, 4.69) is 0 Å². The highest BCUT2D eigenvalue weighted by Crippen LogP contribution is 2.39. The van der Waals surface area contributed by atoms with E-state index in [0.29, 0.717) is 48.6 Å².